The standard InChI is InChI=1S/C28H37N7O3/c1-3-4-8-28(35-14-11-29-12-15-35,25-18-21(2)32-27(33-25)34-13-10-30-20-34)26(36)31-9-7-22-5-6-23-24(19-22)38-17-16-37-23/h5-6,10,13,18-20,29H,3-4,7-9,11-12,14-17H2,1-2H3,(H,31,36). The molecule has 38 heavy (non-hydrogen) atoms. The lowest BCUT2D eigenvalue weighted by Gasteiger charge is -2.44. The highest BCUT2D eigenvalue weighted by Crippen LogP contribution is 2.35. The summed E-state index contributed by atoms with van der Waals surface area (Å²) >= 11 is 0. The monoisotopic (exact) mass is 519 g/mol. The smallest absolute Gasteiger partial charge is 0.246 e. The Kier molecular flexibility index (Phi) is 8.19. The third-order valence-electron chi connectivity index (χ3n) is 7.23. The zero-order valence-corrected chi connectivity index (χ0v) is 22.3. The second-order valence-corrected chi connectivity index (χ2v) is 9.85. The third kappa shape index (κ3) is 5.51. The number of nitrogens with one attached hydrogen (secondary N) is 2. The Balaban J connectivity index is 1.44. The van der Waals surface area contributed by atoms with Gasteiger partial charge in [-0.05, 0) is 43.5 Å². The molecule has 1 saturated heterocycles. The highest BCUT2D eigenvalue weighted by atomic mass is 16.6. The minimum absolute atomic E-state index is 0.0138. The van der Waals surface area contributed by atoms with Gasteiger partial charge in [0, 0.05) is 50.8 Å². The molecule has 2 aliphatic heterocycles. The van der Waals surface area contributed by atoms with Crippen LogP contribution in [0.3, 0.4) is 0 Å². The fraction of sp³-hybridized carbons (Fsp3) is 0.500. The quantitative estimate of drug-likeness (QED) is 0.421. The first-order valence-corrected chi connectivity index (χ1v) is 13.6. The number of rotatable bonds is 10. The topological polar surface area (TPSA) is 106 Å². The van der Waals surface area contributed by atoms with E-state index in [0.717, 1.165) is 67.5 Å². The lowest BCUT2D eigenvalue weighted by atomic mass is 9.84. The average Bonchev–Trinajstić information content (AvgIpc) is 3.49. The Morgan fingerprint density at radius 1 is 1.13 bits per heavy atom. The maximum Gasteiger partial charge on any atom is 0.246 e. The maximum absolute atomic E-state index is 14.3. The lowest BCUT2D eigenvalue weighted by Crippen LogP contribution is -2.61. The van der Waals surface area contributed by atoms with Crippen molar-refractivity contribution in [3.63, 3.8) is 0 Å². The predicted octanol–water partition coefficient (Wildman–Crippen LogP) is 2.39. The van der Waals surface area contributed by atoms with Crippen LogP contribution in [0.2, 0.25) is 0 Å². The summed E-state index contributed by atoms with van der Waals surface area (Å²) in [6, 6.07) is 7.95. The van der Waals surface area contributed by atoms with Crippen LogP contribution in [0.1, 0.15) is 43.1 Å². The van der Waals surface area contributed by atoms with E-state index in [1.54, 1.807) is 17.1 Å². The van der Waals surface area contributed by atoms with E-state index in [1.807, 2.05) is 37.4 Å². The van der Waals surface area contributed by atoms with Crippen molar-refractivity contribution < 1.29 is 14.3 Å². The molecular weight excluding hydrogens is 482 g/mol. The molecule has 10 heteroatoms. The second-order valence-electron chi connectivity index (χ2n) is 9.85. The van der Waals surface area contributed by atoms with Crippen molar-refractivity contribution in [2.45, 2.75) is 45.1 Å². The summed E-state index contributed by atoms with van der Waals surface area (Å²) in [5.41, 5.74) is 1.75. The van der Waals surface area contributed by atoms with E-state index in [-0.39, 0.29) is 5.91 Å². The van der Waals surface area contributed by atoms with E-state index in [2.05, 4.69) is 32.4 Å². The summed E-state index contributed by atoms with van der Waals surface area (Å²) in [5.74, 6) is 2.05. The van der Waals surface area contributed by atoms with E-state index in [0.29, 0.717) is 38.5 Å². The molecule has 202 valence electrons. The van der Waals surface area contributed by atoms with Crippen molar-refractivity contribution in [1.29, 1.82) is 0 Å². The summed E-state index contributed by atoms with van der Waals surface area (Å²) in [6.07, 6.45) is 8.47. The normalized spacial score (nSPS) is 17.1. The molecule has 10 nitrogen and oxygen atoms in total. The molecule has 0 saturated carbocycles. The highest BCUT2D eigenvalue weighted by molar-refractivity contribution is 5.87. The van der Waals surface area contributed by atoms with Crippen LogP contribution in [-0.4, -0.2) is 76.3 Å². The van der Waals surface area contributed by atoms with Gasteiger partial charge in [0.1, 0.15) is 25.1 Å². The minimum Gasteiger partial charge on any atom is -0.486 e. The minimum atomic E-state index is -0.895. The Labute approximate surface area is 223 Å². The number of aryl methyl sites for hydroxylation is 1. The molecule has 3 aromatic rings. The van der Waals surface area contributed by atoms with Crippen molar-refractivity contribution in [3.05, 3.63) is 59.9 Å². The molecule has 0 aliphatic carbocycles. The van der Waals surface area contributed by atoms with Gasteiger partial charge in [-0.25, -0.2) is 15.0 Å². The number of aromatic nitrogens is 4. The number of fused-ring (bicyclic) bond motifs is 1. The molecule has 2 N–H and O–H groups in total. The van der Waals surface area contributed by atoms with Crippen LogP contribution in [0.25, 0.3) is 5.95 Å². The summed E-state index contributed by atoms with van der Waals surface area (Å²) in [5, 5.41) is 6.71. The summed E-state index contributed by atoms with van der Waals surface area (Å²) < 4.78 is 13.2. The second kappa shape index (κ2) is 11.9. The first-order valence-electron chi connectivity index (χ1n) is 13.6. The van der Waals surface area contributed by atoms with E-state index in [9.17, 15) is 4.79 Å². The molecule has 1 fully saturated rings. The SMILES string of the molecule is CCCCC(C(=O)NCCc1ccc2c(c1)OCCO2)(c1cc(C)nc(-n2ccnc2)n1)N1CCNCC1. The Morgan fingerprint density at radius 2 is 1.95 bits per heavy atom. The number of nitrogens with zero attached hydrogens (tertiary/aromatic N) is 5. The van der Waals surface area contributed by atoms with Crippen molar-refractivity contribution in [1.82, 2.24) is 35.1 Å². The molecule has 5 rings (SSSR count). The first-order chi connectivity index (χ1) is 18.6. The fourth-order valence-electron chi connectivity index (χ4n) is 5.27. The van der Waals surface area contributed by atoms with E-state index >= 15 is 0 Å². The van der Waals surface area contributed by atoms with E-state index in [4.69, 9.17) is 14.5 Å². The highest BCUT2D eigenvalue weighted by Gasteiger charge is 2.47. The van der Waals surface area contributed by atoms with Gasteiger partial charge in [-0.1, -0.05) is 25.8 Å². The Morgan fingerprint density at radius 3 is 2.71 bits per heavy atom. The summed E-state index contributed by atoms with van der Waals surface area (Å²) in [4.78, 5) is 30.4. The average molecular weight is 520 g/mol. The number of amides is 1. The fourth-order valence-corrected chi connectivity index (χ4v) is 5.27. The lowest BCUT2D eigenvalue weighted by molar-refractivity contribution is -0.136. The third-order valence-corrected chi connectivity index (χ3v) is 7.23. The van der Waals surface area contributed by atoms with Crippen LogP contribution < -0.4 is 20.1 Å². The van der Waals surface area contributed by atoms with E-state index < -0.39 is 5.54 Å². The molecule has 0 bridgehead atoms. The number of carbonyl (C=O) groups is 1. The molecule has 0 spiro atoms. The van der Waals surface area contributed by atoms with Crippen LogP contribution in [0.4, 0.5) is 0 Å². The Hall–Kier alpha value is -3.50. The van der Waals surface area contributed by atoms with Crippen LogP contribution in [0, 0.1) is 6.92 Å². The van der Waals surface area contributed by atoms with Gasteiger partial charge in [0.15, 0.2) is 11.5 Å². The predicted molar refractivity (Wildman–Crippen MR) is 144 cm³/mol. The van der Waals surface area contributed by atoms with Gasteiger partial charge in [0.05, 0.1) is 5.69 Å². The zero-order chi connectivity index (χ0) is 26.4. The van der Waals surface area contributed by atoms with Gasteiger partial charge >= 0.3 is 0 Å². The molecular formula is C28H37N7O3. The molecule has 4 heterocycles. The van der Waals surface area contributed by atoms with Gasteiger partial charge < -0.3 is 20.1 Å². The summed E-state index contributed by atoms with van der Waals surface area (Å²) in [6.45, 7) is 8.94. The van der Waals surface area contributed by atoms with Crippen molar-refractivity contribution in [2.75, 3.05) is 45.9 Å². The molecule has 1 amide bonds. The number of benzene rings is 1. The van der Waals surface area contributed by atoms with Gasteiger partial charge in [0.2, 0.25) is 11.9 Å². The summed E-state index contributed by atoms with van der Waals surface area (Å²) in [7, 11) is 0. The number of hydrogen-bond donors (Lipinski definition) is 2. The maximum atomic E-state index is 14.3. The van der Waals surface area contributed by atoms with Gasteiger partial charge in [-0.3, -0.25) is 14.3 Å². The van der Waals surface area contributed by atoms with E-state index in [1.165, 1.54) is 0 Å². The van der Waals surface area contributed by atoms with Crippen LogP contribution in [0.5, 0.6) is 11.5 Å². The largest absolute Gasteiger partial charge is 0.486 e. The van der Waals surface area contributed by atoms with Crippen molar-refractivity contribution in [2.24, 2.45) is 0 Å². The van der Waals surface area contributed by atoms with Crippen molar-refractivity contribution in [3.8, 4) is 17.4 Å². The van der Waals surface area contributed by atoms with Crippen LogP contribution in [0.15, 0.2) is 43.0 Å². The van der Waals surface area contributed by atoms with Crippen molar-refractivity contribution >= 4 is 5.91 Å². The number of hydrogen-bond acceptors (Lipinski definition) is 8. The zero-order valence-electron chi connectivity index (χ0n) is 22.3. The van der Waals surface area contributed by atoms with Crippen LogP contribution >= 0.6 is 0 Å². The van der Waals surface area contributed by atoms with Gasteiger partial charge in [-0.2, -0.15) is 0 Å². The number of piperazine rings is 1. The molecule has 1 unspecified atom stereocenters. The Bertz CT molecular complexity index is 1230. The van der Waals surface area contributed by atoms with Gasteiger partial charge in [-0.15, -0.1) is 0 Å². The van der Waals surface area contributed by atoms with Crippen LogP contribution in [-0.2, 0) is 16.8 Å². The first kappa shape index (κ1) is 26.1. The molecule has 2 aliphatic rings. The molecule has 2 aromatic heterocycles. The number of ether oxygens (including phenoxy) is 2. The molecule has 0 radical (unpaired) electrons. The van der Waals surface area contributed by atoms with Gasteiger partial charge in [0.25, 0.3) is 0 Å². The molecule has 1 aromatic carbocycles. The number of imidazole rings is 1. The number of unbranched alkanes of at least 4 members (excludes halogenated alkanes) is 1. The number of carbonyl (C=O) groups excluding carboxylic acids is 1. The molecule has 1 atom stereocenters.